The van der Waals surface area contributed by atoms with Crippen molar-refractivity contribution in [3.63, 3.8) is 0 Å². The van der Waals surface area contributed by atoms with E-state index in [1.165, 1.54) is 18.2 Å². The SMILES string of the molecule is CCOC(=O)/C=C/C=C\C(N)=O. The Kier molecular flexibility index (Phi) is 5.34. The number of carbonyl (C=O) groups is 2. The molecule has 2 N–H and O–H groups in total. The summed E-state index contributed by atoms with van der Waals surface area (Å²) in [7, 11) is 0. The topological polar surface area (TPSA) is 69.4 Å². The summed E-state index contributed by atoms with van der Waals surface area (Å²) < 4.78 is 4.57. The summed E-state index contributed by atoms with van der Waals surface area (Å²) in [5.41, 5.74) is 4.79. The van der Waals surface area contributed by atoms with E-state index in [2.05, 4.69) is 4.74 Å². The molecule has 0 unspecified atom stereocenters. The molecule has 0 radical (unpaired) electrons. The number of allylic oxidation sites excluding steroid dienone is 2. The molecule has 1 amide bonds. The fourth-order valence-electron chi connectivity index (χ4n) is 0.475. The number of ether oxygens (including phenoxy) is 1. The second kappa shape index (κ2) is 6.15. The quantitative estimate of drug-likeness (QED) is 0.370. The van der Waals surface area contributed by atoms with Crippen molar-refractivity contribution in [3.8, 4) is 0 Å². The van der Waals surface area contributed by atoms with Crippen LogP contribution in [0.25, 0.3) is 0 Å². The van der Waals surface area contributed by atoms with Crippen LogP contribution in [0.2, 0.25) is 0 Å². The number of amides is 1. The van der Waals surface area contributed by atoms with Crippen LogP contribution in [-0.4, -0.2) is 18.5 Å². The molecular formula is C8H11NO3. The van der Waals surface area contributed by atoms with Gasteiger partial charge in [-0.3, -0.25) is 4.79 Å². The van der Waals surface area contributed by atoms with Crippen molar-refractivity contribution < 1.29 is 14.3 Å². The Morgan fingerprint density at radius 3 is 2.42 bits per heavy atom. The van der Waals surface area contributed by atoms with Crippen LogP contribution in [0.15, 0.2) is 24.3 Å². The molecule has 0 aliphatic heterocycles. The van der Waals surface area contributed by atoms with E-state index >= 15 is 0 Å². The second-order valence-corrected chi connectivity index (χ2v) is 1.87. The van der Waals surface area contributed by atoms with Gasteiger partial charge in [-0.25, -0.2) is 4.79 Å². The summed E-state index contributed by atoms with van der Waals surface area (Å²) in [4.78, 5) is 20.8. The van der Waals surface area contributed by atoms with E-state index in [9.17, 15) is 9.59 Å². The molecule has 0 heterocycles. The molecule has 66 valence electrons. The third-order valence-corrected chi connectivity index (χ3v) is 0.891. The van der Waals surface area contributed by atoms with E-state index in [0.29, 0.717) is 6.61 Å². The van der Waals surface area contributed by atoms with Gasteiger partial charge in [0.25, 0.3) is 0 Å². The molecule has 0 aromatic rings. The van der Waals surface area contributed by atoms with Crippen molar-refractivity contribution in [2.45, 2.75) is 6.92 Å². The molecule has 0 aromatic heterocycles. The van der Waals surface area contributed by atoms with E-state index in [-0.39, 0.29) is 0 Å². The zero-order valence-corrected chi connectivity index (χ0v) is 6.82. The summed E-state index contributed by atoms with van der Waals surface area (Å²) in [6.07, 6.45) is 5.13. The number of nitrogens with two attached hydrogens (primary N) is 1. The predicted octanol–water partition coefficient (Wildman–Crippen LogP) is 0.147. The first-order valence-electron chi connectivity index (χ1n) is 3.47. The lowest BCUT2D eigenvalue weighted by Crippen LogP contribution is -2.05. The zero-order valence-electron chi connectivity index (χ0n) is 6.82. The van der Waals surface area contributed by atoms with Gasteiger partial charge in [-0.15, -0.1) is 0 Å². The maximum absolute atomic E-state index is 10.6. The van der Waals surface area contributed by atoms with Crippen LogP contribution in [0.4, 0.5) is 0 Å². The summed E-state index contributed by atoms with van der Waals surface area (Å²) in [6.45, 7) is 2.05. The van der Waals surface area contributed by atoms with Crippen LogP contribution in [0.3, 0.4) is 0 Å². The van der Waals surface area contributed by atoms with Crippen molar-refractivity contribution >= 4 is 11.9 Å². The largest absolute Gasteiger partial charge is 0.463 e. The molecular weight excluding hydrogens is 158 g/mol. The van der Waals surface area contributed by atoms with Gasteiger partial charge in [0, 0.05) is 12.2 Å². The highest BCUT2D eigenvalue weighted by Gasteiger charge is 1.89. The minimum absolute atomic E-state index is 0.336. The van der Waals surface area contributed by atoms with Crippen molar-refractivity contribution in [2.75, 3.05) is 6.61 Å². The average molecular weight is 169 g/mol. The molecule has 0 atom stereocenters. The van der Waals surface area contributed by atoms with E-state index in [1.807, 2.05) is 0 Å². The lowest BCUT2D eigenvalue weighted by Gasteiger charge is -1.92. The Labute approximate surface area is 70.7 Å². The Hall–Kier alpha value is -1.58. The molecule has 0 aliphatic carbocycles. The zero-order chi connectivity index (χ0) is 9.40. The standard InChI is InChI=1S/C8H11NO3/c1-2-12-8(11)6-4-3-5-7(9)10/h3-6H,2H2,1H3,(H2,9,10)/b5-3-,6-4+. The molecule has 4 heteroatoms. The fraction of sp³-hybridized carbons (Fsp3) is 0.250. The summed E-state index contributed by atoms with van der Waals surface area (Å²) >= 11 is 0. The predicted molar refractivity (Wildman–Crippen MR) is 44.1 cm³/mol. The van der Waals surface area contributed by atoms with Gasteiger partial charge in [-0.2, -0.15) is 0 Å². The first-order chi connectivity index (χ1) is 5.66. The Morgan fingerprint density at radius 2 is 1.92 bits per heavy atom. The third-order valence-electron chi connectivity index (χ3n) is 0.891. The van der Waals surface area contributed by atoms with Crippen molar-refractivity contribution in [1.82, 2.24) is 0 Å². The molecule has 0 aliphatic rings. The van der Waals surface area contributed by atoms with Crippen LogP contribution < -0.4 is 5.73 Å². The Balaban J connectivity index is 3.75. The van der Waals surface area contributed by atoms with E-state index in [4.69, 9.17) is 5.73 Å². The van der Waals surface area contributed by atoms with Gasteiger partial charge in [0.05, 0.1) is 6.61 Å². The average Bonchev–Trinajstić information content (AvgIpc) is 1.98. The van der Waals surface area contributed by atoms with Crippen molar-refractivity contribution in [2.24, 2.45) is 5.73 Å². The molecule has 4 nitrogen and oxygen atoms in total. The lowest BCUT2D eigenvalue weighted by molar-refractivity contribution is -0.137. The number of hydrogen-bond donors (Lipinski definition) is 1. The first-order valence-corrected chi connectivity index (χ1v) is 3.47. The molecule has 0 saturated carbocycles. The Bertz CT molecular complexity index is 218. The van der Waals surface area contributed by atoms with Gasteiger partial charge in [0.2, 0.25) is 5.91 Å². The highest BCUT2D eigenvalue weighted by atomic mass is 16.5. The number of esters is 1. The normalized spacial score (nSPS) is 10.8. The van der Waals surface area contributed by atoms with Gasteiger partial charge < -0.3 is 10.5 Å². The van der Waals surface area contributed by atoms with Crippen molar-refractivity contribution in [1.29, 1.82) is 0 Å². The minimum Gasteiger partial charge on any atom is -0.463 e. The van der Waals surface area contributed by atoms with E-state index in [0.717, 1.165) is 6.08 Å². The maximum Gasteiger partial charge on any atom is 0.330 e. The van der Waals surface area contributed by atoms with Crippen LogP contribution in [-0.2, 0) is 14.3 Å². The maximum atomic E-state index is 10.6. The van der Waals surface area contributed by atoms with Gasteiger partial charge in [-0.05, 0) is 6.92 Å². The lowest BCUT2D eigenvalue weighted by atomic mass is 10.4. The minimum atomic E-state index is -0.552. The fourth-order valence-corrected chi connectivity index (χ4v) is 0.475. The third kappa shape index (κ3) is 6.54. The van der Waals surface area contributed by atoms with E-state index < -0.39 is 11.9 Å². The molecule has 0 aromatic carbocycles. The number of hydrogen-bond acceptors (Lipinski definition) is 3. The van der Waals surface area contributed by atoms with Gasteiger partial charge >= 0.3 is 5.97 Å². The highest BCUT2D eigenvalue weighted by Crippen LogP contribution is 1.82. The second-order valence-electron chi connectivity index (χ2n) is 1.87. The summed E-state index contributed by atoms with van der Waals surface area (Å²) in [5, 5.41) is 0. The van der Waals surface area contributed by atoms with Crippen LogP contribution in [0.1, 0.15) is 6.92 Å². The molecule has 0 spiro atoms. The molecule has 0 bridgehead atoms. The molecule has 0 rings (SSSR count). The number of carbonyl (C=O) groups excluding carboxylic acids is 2. The molecule has 0 fully saturated rings. The summed E-state index contributed by atoms with van der Waals surface area (Å²) in [6, 6.07) is 0. The van der Waals surface area contributed by atoms with Crippen molar-refractivity contribution in [3.05, 3.63) is 24.3 Å². The highest BCUT2D eigenvalue weighted by molar-refractivity contribution is 5.86. The van der Waals surface area contributed by atoms with Crippen LogP contribution in [0, 0.1) is 0 Å². The Morgan fingerprint density at radius 1 is 1.33 bits per heavy atom. The van der Waals surface area contributed by atoms with E-state index in [1.54, 1.807) is 6.92 Å². The van der Waals surface area contributed by atoms with Crippen LogP contribution in [0.5, 0.6) is 0 Å². The molecule has 0 saturated heterocycles. The summed E-state index contributed by atoms with van der Waals surface area (Å²) in [5.74, 6) is -0.991. The van der Waals surface area contributed by atoms with Gasteiger partial charge in [0.1, 0.15) is 0 Å². The number of primary amides is 1. The van der Waals surface area contributed by atoms with Crippen LogP contribution >= 0.6 is 0 Å². The smallest absolute Gasteiger partial charge is 0.330 e. The van der Waals surface area contributed by atoms with Gasteiger partial charge in [0.15, 0.2) is 0 Å². The molecule has 12 heavy (non-hydrogen) atoms. The van der Waals surface area contributed by atoms with Gasteiger partial charge in [-0.1, -0.05) is 12.2 Å². The first kappa shape index (κ1) is 10.4. The monoisotopic (exact) mass is 169 g/mol. The number of rotatable bonds is 4.